The molecule has 29 heavy (non-hydrogen) atoms. The molecule has 0 N–H and O–H groups in total. The quantitative estimate of drug-likeness (QED) is 0.529. The summed E-state index contributed by atoms with van der Waals surface area (Å²) in [5.74, 6) is 0. The largest absolute Gasteiger partial charge is 0.452 e. The van der Waals surface area contributed by atoms with Gasteiger partial charge in [-0.05, 0) is 43.2 Å². The second-order valence-corrected chi connectivity index (χ2v) is 10.9. The summed E-state index contributed by atoms with van der Waals surface area (Å²) in [4.78, 5) is 14.3. The summed E-state index contributed by atoms with van der Waals surface area (Å²) < 4.78 is 20.2. The number of carbonyl (C=O) groups is 1. The monoisotopic (exact) mass is 409 g/mol. The number of methoxy groups -OCH3 is 1. The number of ether oxygens (including phenoxy) is 1. The van der Waals surface area contributed by atoms with Gasteiger partial charge in [-0.15, -0.1) is 0 Å². The summed E-state index contributed by atoms with van der Waals surface area (Å²) in [6, 6.07) is 20.3. The van der Waals surface area contributed by atoms with Crippen LogP contribution in [0.4, 0.5) is 4.79 Å². The summed E-state index contributed by atoms with van der Waals surface area (Å²) in [5.41, 5.74) is 2.76. The van der Waals surface area contributed by atoms with Crippen molar-refractivity contribution in [2.24, 2.45) is 0 Å². The van der Waals surface area contributed by atoms with Gasteiger partial charge >= 0.3 is 6.09 Å². The number of hydrogen-bond donors (Lipinski definition) is 0. The molecule has 2 aromatic rings. The summed E-state index contributed by atoms with van der Waals surface area (Å²) in [6.45, 7) is 0.561. The first kappa shape index (κ1) is 20.0. The van der Waals surface area contributed by atoms with Gasteiger partial charge in [0, 0.05) is 17.9 Å². The molecule has 0 bridgehead atoms. The van der Waals surface area contributed by atoms with Crippen LogP contribution in [0.15, 0.2) is 72.2 Å². The van der Waals surface area contributed by atoms with Gasteiger partial charge in [-0.1, -0.05) is 66.7 Å². The van der Waals surface area contributed by atoms with E-state index in [0.717, 1.165) is 43.2 Å². The smallest absolute Gasteiger partial charge is 0.414 e. The number of carbonyl (C=O) groups excluding carboxylic acids is 1. The van der Waals surface area contributed by atoms with Crippen molar-refractivity contribution in [1.82, 2.24) is 4.90 Å². The lowest BCUT2D eigenvalue weighted by Gasteiger charge is -2.34. The van der Waals surface area contributed by atoms with E-state index in [-0.39, 0.29) is 11.3 Å². The van der Waals surface area contributed by atoms with Crippen molar-refractivity contribution in [3.8, 4) is 0 Å². The number of allylic oxidation sites excluding steroid dienone is 1. The van der Waals surface area contributed by atoms with E-state index in [9.17, 15) is 4.79 Å². The Morgan fingerprint density at radius 2 is 1.48 bits per heavy atom. The molecule has 5 heteroatoms. The molecule has 2 aliphatic rings. The van der Waals surface area contributed by atoms with Crippen LogP contribution in [-0.4, -0.2) is 24.6 Å². The van der Waals surface area contributed by atoms with Gasteiger partial charge in [0.2, 0.25) is 0 Å². The second kappa shape index (κ2) is 8.59. The minimum atomic E-state index is -2.97. The molecule has 0 spiro atoms. The van der Waals surface area contributed by atoms with Gasteiger partial charge in [-0.25, -0.2) is 4.79 Å². The van der Waals surface area contributed by atoms with E-state index >= 15 is 4.57 Å². The zero-order valence-corrected chi connectivity index (χ0v) is 17.8. The first-order valence-corrected chi connectivity index (χ1v) is 12.3. The van der Waals surface area contributed by atoms with E-state index < -0.39 is 13.2 Å². The molecule has 2 aliphatic heterocycles. The Hall–Kier alpha value is -2.32. The van der Waals surface area contributed by atoms with Gasteiger partial charge in [0.1, 0.15) is 7.14 Å². The Morgan fingerprint density at radius 1 is 0.931 bits per heavy atom. The molecule has 0 radical (unpaired) electrons. The number of benzene rings is 2. The molecular formula is C24H28NO3P. The van der Waals surface area contributed by atoms with Crippen molar-refractivity contribution in [2.75, 3.05) is 13.7 Å². The van der Waals surface area contributed by atoms with Crippen molar-refractivity contribution < 1.29 is 14.1 Å². The first-order chi connectivity index (χ1) is 14.2. The highest BCUT2D eigenvalue weighted by molar-refractivity contribution is 7.69. The number of rotatable bonds is 3. The molecule has 2 atom stereocenters. The topological polar surface area (TPSA) is 46.6 Å². The van der Waals surface area contributed by atoms with Gasteiger partial charge in [0.15, 0.2) is 0 Å². The molecule has 2 aromatic carbocycles. The van der Waals surface area contributed by atoms with E-state index in [0.29, 0.717) is 12.0 Å². The van der Waals surface area contributed by atoms with Gasteiger partial charge in [0.25, 0.3) is 0 Å². The standard InChI is InChI=1S/C24H28NO3P/c1-28-24(26)25-18-10-4-9-15-23(25)29(27)21(19-11-5-2-6-12-19)16-17-22(29)20-13-7-3-8-14-20/h2-3,5-8,11-15,21-22H,4,9-10,16-18H2,1H3/t21-,22-/m0/s1. The third-order valence-corrected chi connectivity index (χ3v) is 10.3. The molecule has 152 valence electrons. The zero-order chi connectivity index (χ0) is 20.3. The van der Waals surface area contributed by atoms with Crippen LogP contribution in [0.2, 0.25) is 0 Å². The van der Waals surface area contributed by atoms with E-state index in [4.69, 9.17) is 4.74 Å². The number of amides is 1. The predicted molar refractivity (Wildman–Crippen MR) is 116 cm³/mol. The fraction of sp³-hybridized carbons (Fsp3) is 0.375. The van der Waals surface area contributed by atoms with E-state index in [1.165, 1.54) is 7.11 Å². The SMILES string of the molecule is COC(=O)N1CCCCC=C1P1(=O)[C@H](c2ccccc2)CC[C@H]1c1ccccc1. The van der Waals surface area contributed by atoms with Gasteiger partial charge in [-0.3, -0.25) is 4.90 Å². The maximum absolute atomic E-state index is 15.1. The molecule has 4 nitrogen and oxygen atoms in total. The lowest BCUT2D eigenvalue weighted by Crippen LogP contribution is -2.31. The lowest BCUT2D eigenvalue weighted by molar-refractivity contribution is 0.138. The summed E-state index contributed by atoms with van der Waals surface area (Å²) in [6.07, 6.45) is 6.08. The Kier molecular flexibility index (Phi) is 5.91. The third kappa shape index (κ3) is 3.67. The third-order valence-electron chi connectivity index (χ3n) is 6.20. The predicted octanol–water partition coefficient (Wildman–Crippen LogP) is 6.72. The summed E-state index contributed by atoms with van der Waals surface area (Å²) >= 11 is 0. The molecule has 0 saturated carbocycles. The van der Waals surface area contributed by atoms with E-state index in [2.05, 4.69) is 30.3 Å². The minimum absolute atomic E-state index is 0.0783. The van der Waals surface area contributed by atoms with Crippen molar-refractivity contribution in [3.63, 3.8) is 0 Å². The van der Waals surface area contributed by atoms with Crippen molar-refractivity contribution >= 4 is 13.2 Å². The van der Waals surface area contributed by atoms with Crippen LogP contribution in [0, 0.1) is 0 Å². The fourth-order valence-electron chi connectivity index (χ4n) is 4.86. The zero-order valence-electron chi connectivity index (χ0n) is 16.9. The molecule has 1 amide bonds. The molecule has 1 fully saturated rings. The molecule has 1 saturated heterocycles. The highest BCUT2D eigenvalue weighted by Gasteiger charge is 2.52. The van der Waals surface area contributed by atoms with E-state index in [1.807, 2.05) is 36.4 Å². The average Bonchev–Trinajstić information content (AvgIpc) is 2.95. The minimum Gasteiger partial charge on any atom is -0.452 e. The Labute approximate surface area is 172 Å². The van der Waals surface area contributed by atoms with Crippen LogP contribution in [0.3, 0.4) is 0 Å². The van der Waals surface area contributed by atoms with Crippen LogP contribution in [0.25, 0.3) is 0 Å². The van der Waals surface area contributed by atoms with Gasteiger partial charge in [-0.2, -0.15) is 0 Å². The lowest BCUT2D eigenvalue weighted by atomic mass is 10.0. The molecular weight excluding hydrogens is 381 g/mol. The van der Waals surface area contributed by atoms with Crippen LogP contribution in [0.5, 0.6) is 0 Å². The van der Waals surface area contributed by atoms with Crippen LogP contribution >= 0.6 is 7.14 Å². The van der Waals surface area contributed by atoms with Crippen molar-refractivity contribution in [1.29, 1.82) is 0 Å². The van der Waals surface area contributed by atoms with Gasteiger partial charge < -0.3 is 9.30 Å². The Bertz CT molecular complexity index is 874. The molecule has 4 rings (SSSR count). The Morgan fingerprint density at radius 3 is 2.00 bits per heavy atom. The summed E-state index contributed by atoms with van der Waals surface area (Å²) in [7, 11) is -1.57. The number of hydrogen-bond acceptors (Lipinski definition) is 3. The molecule has 2 heterocycles. The maximum atomic E-state index is 15.1. The molecule has 0 unspecified atom stereocenters. The number of nitrogens with zero attached hydrogens (tertiary/aromatic N) is 1. The van der Waals surface area contributed by atoms with Crippen LogP contribution in [-0.2, 0) is 9.30 Å². The Balaban J connectivity index is 1.87. The van der Waals surface area contributed by atoms with Crippen molar-refractivity contribution in [2.45, 2.75) is 43.4 Å². The highest BCUT2D eigenvalue weighted by atomic mass is 31.2. The molecule has 0 aliphatic carbocycles. The highest BCUT2D eigenvalue weighted by Crippen LogP contribution is 2.81. The van der Waals surface area contributed by atoms with Gasteiger partial charge in [0.05, 0.1) is 12.5 Å². The fourth-order valence-corrected chi connectivity index (χ4v) is 9.20. The average molecular weight is 409 g/mol. The van der Waals surface area contributed by atoms with Crippen molar-refractivity contribution in [3.05, 3.63) is 83.3 Å². The van der Waals surface area contributed by atoms with E-state index in [1.54, 1.807) is 4.90 Å². The summed E-state index contributed by atoms with van der Waals surface area (Å²) in [5, 5.41) is 0. The second-order valence-electron chi connectivity index (χ2n) is 7.82. The van der Waals surface area contributed by atoms with Crippen LogP contribution < -0.4 is 0 Å². The van der Waals surface area contributed by atoms with Crippen LogP contribution in [0.1, 0.15) is 54.5 Å². The normalized spacial score (nSPS) is 23.9. The maximum Gasteiger partial charge on any atom is 0.414 e. The molecule has 0 aromatic heterocycles. The first-order valence-electron chi connectivity index (χ1n) is 10.4.